The first kappa shape index (κ1) is 24.7. The van der Waals surface area contributed by atoms with Crippen molar-refractivity contribution in [2.75, 3.05) is 20.1 Å². The van der Waals surface area contributed by atoms with E-state index in [9.17, 15) is 9.90 Å². The van der Waals surface area contributed by atoms with Crippen LogP contribution in [-0.2, 0) is 13.0 Å². The van der Waals surface area contributed by atoms with Gasteiger partial charge in [-0.25, -0.2) is 4.98 Å². The lowest BCUT2D eigenvalue weighted by Crippen LogP contribution is -2.67. The molecule has 8 nitrogen and oxygen atoms in total. The summed E-state index contributed by atoms with van der Waals surface area (Å²) >= 11 is 0. The SMILES string of the molecule is CN(Cc1cn2c([N+]3(C(C)(C)C)CCC(NC(=O)[O-])CC3)cccc2n1)C1CCCc2cccnc21. The number of hydrogen-bond donors (Lipinski definition) is 1. The number of imidazole rings is 1. The number of rotatable bonds is 5. The molecule has 8 heteroatoms. The fraction of sp³-hybridized carbons (Fsp3) is 0.536. The average Bonchev–Trinajstić information content (AvgIpc) is 3.25. The van der Waals surface area contributed by atoms with E-state index in [0.717, 1.165) is 61.1 Å². The highest BCUT2D eigenvalue weighted by Crippen LogP contribution is 2.38. The van der Waals surface area contributed by atoms with E-state index in [-0.39, 0.29) is 11.6 Å². The highest BCUT2D eigenvalue weighted by molar-refractivity contribution is 5.62. The Kier molecular flexibility index (Phi) is 6.51. The van der Waals surface area contributed by atoms with Crippen molar-refractivity contribution in [1.82, 2.24) is 29.1 Å². The Bertz CT molecular complexity index is 1240. The minimum Gasteiger partial charge on any atom is -0.530 e. The number of likely N-dealkylation sites (tertiary alicyclic amines) is 1. The number of hydrogen-bond acceptors (Lipinski definition) is 5. The van der Waals surface area contributed by atoms with Crippen LogP contribution in [-0.4, -0.2) is 57.1 Å². The van der Waals surface area contributed by atoms with Crippen LogP contribution in [0.5, 0.6) is 0 Å². The smallest absolute Gasteiger partial charge is 0.214 e. The molecule has 1 N–H and O–H groups in total. The van der Waals surface area contributed by atoms with Gasteiger partial charge >= 0.3 is 0 Å². The van der Waals surface area contributed by atoms with Gasteiger partial charge in [0.2, 0.25) is 5.82 Å². The molecule has 36 heavy (non-hydrogen) atoms. The van der Waals surface area contributed by atoms with E-state index >= 15 is 0 Å². The van der Waals surface area contributed by atoms with Gasteiger partial charge in [0.05, 0.1) is 36.1 Å². The molecule has 4 heterocycles. The standard InChI is InChI=1S/C28H38N6O2/c1-28(2,3)34(16-13-21(14-17-34)31-27(35)36)25-12-6-11-24-30-22(19-33(24)25)18-32(4)23-10-5-8-20-9-7-15-29-26(20)23/h6-7,9,11-12,15,19,21,23,31H,5,8,10,13-14,16-18H2,1-4H3. The second-order valence-corrected chi connectivity index (χ2v) is 11.5. The number of fused-ring (bicyclic) bond motifs is 2. The molecule has 5 rings (SSSR count). The molecule has 1 aliphatic heterocycles. The summed E-state index contributed by atoms with van der Waals surface area (Å²) in [6.07, 6.45) is 7.88. The van der Waals surface area contributed by atoms with Crippen molar-refractivity contribution in [1.29, 1.82) is 0 Å². The molecule has 0 radical (unpaired) electrons. The lowest BCUT2D eigenvalue weighted by molar-refractivity contribution is -0.252. The average molecular weight is 491 g/mol. The van der Waals surface area contributed by atoms with Crippen LogP contribution in [0.25, 0.3) is 5.65 Å². The predicted molar refractivity (Wildman–Crippen MR) is 139 cm³/mol. The van der Waals surface area contributed by atoms with Crippen LogP contribution >= 0.6 is 0 Å². The van der Waals surface area contributed by atoms with Crippen molar-refractivity contribution in [2.24, 2.45) is 0 Å². The lowest BCUT2D eigenvalue weighted by Gasteiger charge is -2.51. The van der Waals surface area contributed by atoms with E-state index < -0.39 is 6.09 Å². The van der Waals surface area contributed by atoms with Gasteiger partial charge in [-0.1, -0.05) is 12.1 Å². The number of aromatic nitrogens is 3. The monoisotopic (exact) mass is 490 g/mol. The van der Waals surface area contributed by atoms with Crippen LogP contribution in [0, 0.1) is 0 Å². The highest BCUT2D eigenvalue weighted by atomic mass is 16.4. The number of nitrogens with one attached hydrogen (secondary N) is 1. The number of amides is 1. The molecule has 0 bridgehead atoms. The third-order valence-electron chi connectivity index (χ3n) is 8.39. The third kappa shape index (κ3) is 4.48. The third-order valence-corrected chi connectivity index (χ3v) is 8.39. The van der Waals surface area contributed by atoms with E-state index in [4.69, 9.17) is 9.97 Å². The van der Waals surface area contributed by atoms with Gasteiger partial charge in [-0.3, -0.25) is 18.8 Å². The van der Waals surface area contributed by atoms with Gasteiger partial charge in [0.1, 0.15) is 11.7 Å². The zero-order valence-electron chi connectivity index (χ0n) is 21.9. The van der Waals surface area contributed by atoms with Crippen molar-refractivity contribution in [3.63, 3.8) is 0 Å². The second-order valence-electron chi connectivity index (χ2n) is 11.5. The van der Waals surface area contributed by atoms with Crippen LogP contribution in [0.4, 0.5) is 10.6 Å². The fourth-order valence-corrected chi connectivity index (χ4v) is 6.41. The summed E-state index contributed by atoms with van der Waals surface area (Å²) in [6, 6.07) is 10.9. The van der Waals surface area contributed by atoms with Gasteiger partial charge < -0.3 is 15.2 Å². The minimum absolute atomic E-state index is 0.0539. The van der Waals surface area contributed by atoms with E-state index in [1.54, 1.807) is 0 Å². The van der Waals surface area contributed by atoms with E-state index in [1.165, 1.54) is 23.5 Å². The van der Waals surface area contributed by atoms with Crippen LogP contribution in [0.2, 0.25) is 0 Å². The second kappa shape index (κ2) is 9.48. The topological polar surface area (TPSA) is 85.6 Å². The molecule has 1 unspecified atom stereocenters. The quantitative estimate of drug-likeness (QED) is 0.554. The number of pyridine rings is 2. The summed E-state index contributed by atoms with van der Waals surface area (Å²) in [5.41, 5.74) is 4.52. The zero-order valence-corrected chi connectivity index (χ0v) is 21.9. The maximum Gasteiger partial charge on any atom is 0.214 e. The van der Waals surface area contributed by atoms with Crippen molar-refractivity contribution in [3.05, 3.63) is 59.7 Å². The number of carbonyl (C=O) groups excluding carboxylic acids is 1. The molecular weight excluding hydrogens is 452 g/mol. The molecule has 1 atom stereocenters. The number of aryl methyl sites for hydroxylation is 1. The Labute approximate surface area is 213 Å². The normalized spacial score (nSPS) is 24.6. The molecule has 1 amide bonds. The van der Waals surface area contributed by atoms with Gasteiger partial charge in [-0.05, 0) is 64.8 Å². The molecule has 3 aromatic rings. The zero-order chi connectivity index (χ0) is 25.5. The Morgan fingerprint density at radius 1 is 1.19 bits per heavy atom. The largest absolute Gasteiger partial charge is 0.530 e. The molecule has 0 aromatic carbocycles. The highest BCUT2D eigenvalue weighted by Gasteiger charge is 2.46. The Hall–Kier alpha value is -2.97. The minimum atomic E-state index is -1.18. The maximum absolute atomic E-state index is 11.1. The number of carboxylic acid groups (broad SMARTS) is 1. The Morgan fingerprint density at radius 2 is 1.97 bits per heavy atom. The Morgan fingerprint density at radius 3 is 2.69 bits per heavy atom. The molecule has 192 valence electrons. The molecule has 3 aromatic heterocycles. The van der Waals surface area contributed by atoms with E-state index in [1.807, 2.05) is 12.3 Å². The van der Waals surface area contributed by atoms with Crippen LogP contribution in [0.1, 0.15) is 69.4 Å². The number of piperidine rings is 1. The van der Waals surface area contributed by atoms with E-state index in [2.05, 4.69) is 72.9 Å². The van der Waals surface area contributed by atoms with Crippen LogP contribution in [0.15, 0.2) is 42.7 Å². The molecular formula is C28H38N6O2. The van der Waals surface area contributed by atoms with E-state index in [0.29, 0.717) is 6.04 Å². The summed E-state index contributed by atoms with van der Waals surface area (Å²) in [7, 11) is 2.18. The summed E-state index contributed by atoms with van der Waals surface area (Å²) < 4.78 is 3.04. The molecule has 2 aliphatic rings. The molecule has 1 saturated heterocycles. The van der Waals surface area contributed by atoms with Crippen molar-refractivity contribution in [2.45, 2.75) is 77.0 Å². The molecule has 0 saturated carbocycles. The van der Waals surface area contributed by atoms with Gasteiger partial charge in [-0.2, -0.15) is 0 Å². The van der Waals surface area contributed by atoms with Gasteiger partial charge in [-0.15, -0.1) is 0 Å². The van der Waals surface area contributed by atoms with Crippen LogP contribution in [0.3, 0.4) is 0 Å². The van der Waals surface area contributed by atoms with Crippen molar-refractivity contribution >= 4 is 17.6 Å². The first-order valence-corrected chi connectivity index (χ1v) is 13.1. The fourth-order valence-electron chi connectivity index (χ4n) is 6.41. The van der Waals surface area contributed by atoms with Gasteiger partial charge in [0.25, 0.3) is 0 Å². The summed E-state index contributed by atoms with van der Waals surface area (Å²) in [6.45, 7) is 9.29. The number of quaternary nitrogens is 1. The molecule has 1 aliphatic carbocycles. The van der Waals surface area contributed by atoms with Crippen LogP contribution < -0.4 is 14.9 Å². The summed E-state index contributed by atoms with van der Waals surface area (Å²) in [5.74, 6) is 1.21. The summed E-state index contributed by atoms with van der Waals surface area (Å²) in [4.78, 5) is 23.2. The number of carbonyl (C=O) groups is 1. The summed E-state index contributed by atoms with van der Waals surface area (Å²) in [5, 5.41) is 13.7. The van der Waals surface area contributed by atoms with Gasteiger partial charge in [0, 0.05) is 43.9 Å². The maximum atomic E-state index is 11.1. The van der Waals surface area contributed by atoms with Crippen molar-refractivity contribution < 1.29 is 9.90 Å². The van der Waals surface area contributed by atoms with Crippen molar-refractivity contribution in [3.8, 4) is 0 Å². The Balaban J connectivity index is 1.44. The number of nitrogens with zero attached hydrogens (tertiary/aromatic N) is 5. The lowest BCUT2D eigenvalue weighted by atomic mass is 9.91. The molecule has 0 spiro atoms. The predicted octanol–water partition coefficient (Wildman–Crippen LogP) is 3.44. The molecule has 1 fully saturated rings. The first-order valence-electron chi connectivity index (χ1n) is 13.1. The van der Waals surface area contributed by atoms with Gasteiger partial charge in [0.15, 0.2) is 0 Å². The first-order chi connectivity index (χ1) is 17.2.